The molecule has 1 aromatic heterocycles. The van der Waals surface area contributed by atoms with Gasteiger partial charge in [0.15, 0.2) is 0 Å². The zero-order chi connectivity index (χ0) is 16.1. The molecule has 2 aromatic rings. The van der Waals surface area contributed by atoms with Gasteiger partial charge in [-0.2, -0.15) is 0 Å². The molecule has 1 fully saturated rings. The monoisotopic (exact) mass is 331 g/mol. The normalized spacial score (nSPS) is 16.0. The fourth-order valence-electron chi connectivity index (χ4n) is 2.47. The highest BCUT2D eigenvalue weighted by Crippen LogP contribution is 2.17. The summed E-state index contributed by atoms with van der Waals surface area (Å²) in [5.41, 5.74) is 2.27. The van der Waals surface area contributed by atoms with Gasteiger partial charge in [0.1, 0.15) is 17.4 Å². The Labute approximate surface area is 140 Å². The second-order valence-electron chi connectivity index (χ2n) is 5.71. The molecule has 5 nitrogen and oxygen atoms in total. The van der Waals surface area contributed by atoms with E-state index >= 15 is 0 Å². The predicted octanol–water partition coefficient (Wildman–Crippen LogP) is 2.35. The van der Waals surface area contributed by atoms with Crippen LogP contribution in [0.25, 0.3) is 0 Å². The molecule has 3 rings (SSSR count). The van der Waals surface area contributed by atoms with E-state index < -0.39 is 0 Å². The number of hydrogen-bond acceptors (Lipinski definition) is 5. The van der Waals surface area contributed by atoms with Crippen molar-refractivity contribution in [1.82, 2.24) is 15.2 Å². The molecule has 0 radical (unpaired) electrons. The van der Waals surface area contributed by atoms with Crippen LogP contribution in [0.15, 0.2) is 29.6 Å². The Balaban J connectivity index is 1.51. The first-order chi connectivity index (χ1) is 11.2. The molecule has 23 heavy (non-hydrogen) atoms. The molecule has 0 saturated carbocycles. The second kappa shape index (κ2) is 7.57. The average molecular weight is 331 g/mol. The van der Waals surface area contributed by atoms with Crippen LogP contribution in [0.1, 0.15) is 22.7 Å². The van der Waals surface area contributed by atoms with Crippen molar-refractivity contribution in [2.24, 2.45) is 0 Å². The van der Waals surface area contributed by atoms with Crippen molar-refractivity contribution < 1.29 is 9.53 Å². The third-order valence-electron chi connectivity index (χ3n) is 3.77. The van der Waals surface area contributed by atoms with Crippen LogP contribution in [-0.2, 0) is 17.9 Å². The minimum absolute atomic E-state index is 0.137. The highest BCUT2D eigenvalue weighted by Gasteiger charge is 2.14. The summed E-state index contributed by atoms with van der Waals surface area (Å²) >= 11 is 1.62. The second-order valence-corrected chi connectivity index (χ2v) is 6.65. The minimum atomic E-state index is 0.137. The van der Waals surface area contributed by atoms with Crippen LogP contribution in [0.2, 0.25) is 0 Å². The maximum Gasteiger partial charge on any atom is 0.221 e. The summed E-state index contributed by atoms with van der Waals surface area (Å²) in [4.78, 5) is 18.3. The lowest BCUT2D eigenvalue weighted by molar-refractivity contribution is -0.120. The lowest BCUT2D eigenvalue weighted by Crippen LogP contribution is -2.28. The Bertz CT molecular complexity index is 654. The zero-order valence-corrected chi connectivity index (χ0v) is 14.1. The Morgan fingerprint density at radius 2 is 2.13 bits per heavy atom. The summed E-state index contributed by atoms with van der Waals surface area (Å²) in [5, 5.41) is 5.94. The van der Waals surface area contributed by atoms with Crippen molar-refractivity contribution in [3.8, 4) is 5.75 Å². The molecule has 0 unspecified atom stereocenters. The predicted molar refractivity (Wildman–Crippen MR) is 90.5 cm³/mol. The molecular weight excluding hydrogens is 310 g/mol. The minimum Gasteiger partial charge on any atom is -0.486 e. The third-order valence-corrected chi connectivity index (χ3v) is 4.64. The van der Waals surface area contributed by atoms with Crippen molar-refractivity contribution in [1.29, 1.82) is 0 Å². The van der Waals surface area contributed by atoms with Gasteiger partial charge in [-0.15, -0.1) is 11.3 Å². The first-order valence-electron chi connectivity index (χ1n) is 7.81. The number of rotatable bonds is 5. The van der Waals surface area contributed by atoms with Crippen LogP contribution in [0.4, 0.5) is 0 Å². The van der Waals surface area contributed by atoms with Gasteiger partial charge in [-0.25, -0.2) is 4.98 Å². The first-order valence-corrected chi connectivity index (χ1v) is 8.69. The van der Waals surface area contributed by atoms with E-state index in [1.807, 2.05) is 24.3 Å². The summed E-state index contributed by atoms with van der Waals surface area (Å²) in [6, 6.07) is 8.03. The lowest BCUT2D eigenvalue weighted by atomic mass is 10.2. The maximum absolute atomic E-state index is 11.4. The number of benzene rings is 1. The number of aromatic nitrogens is 1. The van der Waals surface area contributed by atoms with Crippen LogP contribution < -0.4 is 10.1 Å². The SMILES string of the molecule is Cc1ccc(OCc2nc(CN3CCNC(=O)CC3)cs2)cc1. The average Bonchev–Trinajstić information content (AvgIpc) is 2.89. The number of carbonyl (C=O) groups excluding carboxylic acids is 1. The Hall–Kier alpha value is -1.92. The molecule has 122 valence electrons. The number of aryl methyl sites for hydroxylation is 1. The van der Waals surface area contributed by atoms with Crippen LogP contribution >= 0.6 is 11.3 Å². The van der Waals surface area contributed by atoms with Gasteiger partial charge >= 0.3 is 0 Å². The van der Waals surface area contributed by atoms with E-state index in [-0.39, 0.29) is 5.91 Å². The number of amides is 1. The molecule has 0 bridgehead atoms. The Kier molecular flexibility index (Phi) is 5.25. The van der Waals surface area contributed by atoms with Crippen LogP contribution in [0, 0.1) is 6.92 Å². The summed E-state index contributed by atoms with van der Waals surface area (Å²) < 4.78 is 5.76. The standard InChI is InChI=1S/C17H21N3O2S/c1-13-2-4-15(5-3-13)22-11-17-19-14(12-23-17)10-20-8-6-16(21)18-7-9-20/h2-5,12H,6-11H2,1H3,(H,18,21). The van der Waals surface area contributed by atoms with E-state index in [0.29, 0.717) is 19.6 Å². The van der Waals surface area contributed by atoms with Crippen molar-refractivity contribution in [3.05, 3.63) is 45.9 Å². The number of nitrogens with zero attached hydrogens (tertiary/aromatic N) is 2. The molecule has 6 heteroatoms. The Morgan fingerprint density at radius 1 is 1.30 bits per heavy atom. The van der Waals surface area contributed by atoms with Crippen LogP contribution in [-0.4, -0.2) is 35.4 Å². The molecule has 1 saturated heterocycles. The zero-order valence-electron chi connectivity index (χ0n) is 13.2. The van der Waals surface area contributed by atoms with E-state index in [1.54, 1.807) is 11.3 Å². The Morgan fingerprint density at radius 3 is 2.96 bits per heavy atom. The van der Waals surface area contributed by atoms with E-state index in [9.17, 15) is 4.79 Å². The molecule has 2 heterocycles. The van der Waals surface area contributed by atoms with E-state index in [1.165, 1.54) is 5.56 Å². The largest absolute Gasteiger partial charge is 0.486 e. The summed E-state index contributed by atoms with van der Waals surface area (Å²) in [5.74, 6) is 1.00. The molecule has 1 N–H and O–H groups in total. The van der Waals surface area contributed by atoms with Crippen molar-refractivity contribution in [3.63, 3.8) is 0 Å². The number of thiazole rings is 1. The lowest BCUT2D eigenvalue weighted by Gasteiger charge is -2.17. The highest BCUT2D eigenvalue weighted by molar-refractivity contribution is 7.09. The third kappa shape index (κ3) is 4.77. The van der Waals surface area contributed by atoms with Crippen molar-refractivity contribution in [2.75, 3.05) is 19.6 Å². The molecule has 0 aliphatic carbocycles. The van der Waals surface area contributed by atoms with Crippen LogP contribution in [0.5, 0.6) is 5.75 Å². The molecule has 0 spiro atoms. The number of ether oxygens (including phenoxy) is 1. The van der Waals surface area contributed by atoms with Gasteiger partial charge in [-0.3, -0.25) is 9.69 Å². The quantitative estimate of drug-likeness (QED) is 0.914. The van der Waals surface area contributed by atoms with E-state index in [0.717, 1.165) is 36.1 Å². The van der Waals surface area contributed by atoms with Crippen LogP contribution in [0.3, 0.4) is 0 Å². The highest BCUT2D eigenvalue weighted by atomic mass is 32.1. The molecule has 1 aliphatic rings. The van der Waals surface area contributed by atoms with Crippen molar-refractivity contribution >= 4 is 17.2 Å². The molecule has 0 atom stereocenters. The fourth-order valence-corrected chi connectivity index (χ4v) is 3.16. The maximum atomic E-state index is 11.4. The number of nitrogens with one attached hydrogen (secondary N) is 1. The van der Waals surface area contributed by atoms with Gasteiger partial charge < -0.3 is 10.1 Å². The summed E-state index contributed by atoms with van der Waals surface area (Å²) in [6.07, 6.45) is 0.563. The van der Waals surface area contributed by atoms with E-state index in [4.69, 9.17) is 4.74 Å². The van der Waals surface area contributed by atoms with Gasteiger partial charge in [-0.1, -0.05) is 17.7 Å². The summed E-state index contributed by atoms with van der Waals surface area (Å²) in [7, 11) is 0. The molecule has 1 aromatic carbocycles. The van der Waals surface area contributed by atoms with Gasteiger partial charge in [0.05, 0.1) is 5.69 Å². The molecule has 1 aliphatic heterocycles. The topological polar surface area (TPSA) is 54.5 Å². The fraction of sp³-hybridized carbons (Fsp3) is 0.412. The van der Waals surface area contributed by atoms with Crippen molar-refractivity contribution in [2.45, 2.75) is 26.5 Å². The van der Waals surface area contributed by atoms with Gasteiger partial charge in [0, 0.05) is 38.0 Å². The molecule has 1 amide bonds. The van der Waals surface area contributed by atoms with Gasteiger partial charge in [0.2, 0.25) is 5.91 Å². The first kappa shape index (κ1) is 16.0. The number of hydrogen-bond donors (Lipinski definition) is 1. The number of carbonyl (C=O) groups is 1. The smallest absolute Gasteiger partial charge is 0.221 e. The van der Waals surface area contributed by atoms with Gasteiger partial charge in [0.25, 0.3) is 0 Å². The molecular formula is C17H21N3O2S. The van der Waals surface area contributed by atoms with Gasteiger partial charge in [-0.05, 0) is 19.1 Å². The summed E-state index contributed by atoms with van der Waals surface area (Å²) in [6.45, 7) is 5.72. The van der Waals surface area contributed by atoms with E-state index in [2.05, 4.69) is 27.5 Å².